The number of methoxy groups -OCH3 is 1. The van der Waals surface area contributed by atoms with Gasteiger partial charge in [0.2, 0.25) is 6.04 Å². The van der Waals surface area contributed by atoms with Crippen LogP contribution >= 0.6 is 0 Å². The highest BCUT2D eigenvalue weighted by Crippen LogP contribution is 2.09. The van der Waals surface area contributed by atoms with Crippen LogP contribution in [0.2, 0.25) is 0 Å². The zero-order valence-electron chi connectivity index (χ0n) is 8.27. The summed E-state index contributed by atoms with van der Waals surface area (Å²) >= 11 is 0. The Balaban J connectivity index is 2.75. The Morgan fingerprint density at radius 1 is 1.29 bits per heavy atom. The van der Waals surface area contributed by atoms with Crippen molar-refractivity contribution in [1.29, 1.82) is 0 Å². The molecular weight excluding hydrogens is 180 g/mol. The molecule has 4 heteroatoms. The molecule has 1 aromatic rings. The molecule has 0 fully saturated rings. The van der Waals surface area contributed by atoms with Crippen LogP contribution in [0.25, 0.3) is 0 Å². The van der Waals surface area contributed by atoms with Gasteiger partial charge >= 0.3 is 5.97 Å². The van der Waals surface area contributed by atoms with Crippen molar-refractivity contribution >= 4 is 5.97 Å². The highest BCUT2D eigenvalue weighted by molar-refractivity contribution is 5.74. The maximum Gasteiger partial charge on any atom is 0.371 e. The first kappa shape index (κ1) is 10.7. The number of rotatable bonds is 3. The van der Waals surface area contributed by atoms with Crippen LogP contribution < -0.4 is 11.5 Å². The van der Waals surface area contributed by atoms with Crippen molar-refractivity contribution in [3.05, 3.63) is 35.9 Å². The lowest BCUT2D eigenvalue weighted by Crippen LogP contribution is -2.77. The summed E-state index contributed by atoms with van der Waals surface area (Å²) in [4.78, 5) is 11.2. The lowest BCUT2D eigenvalue weighted by molar-refractivity contribution is -0.524. The number of carbonyl (C=O) groups excluding carboxylic acids is 1. The van der Waals surface area contributed by atoms with E-state index < -0.39 is 6.04 Å². The fourth-order valence-corrected chi connectivity index (χ4v) is 1.25. The van der Waals surface area contributed by atoms with Gasteiger partial charge in [0.1, 0.15) is 0 Å². The van der Waals surface area contributed by atoms with Crippen LogP contribution in [0.3, 0.4) is 0 Å². The molecule has 0 aromatic heterocycles. The number of benzene rings is 1. The molecule has 2 unspecified atom stereocenters. The average Bonchev–Trinajstić information content (AvgIpc) is 2.27. The fraction of sp³-hybridized carbons (Fsp3) is 0.300. The number of ether oxygens (including phenoxy) is 1. The van der Waals surface area contributed by atoms with E-state index in [1.165, 1.54) is 7.11 Å². The summed E-state index contributed by atoms with van der Waals surface area (Å²) in [6, 6.07) is 8.99. The Labute approximate surface area is 82.8 Å². The topological polar surface area (TPSA) is 81.6 Å². The van der Waals surface area contributed by atoms with Crippen molar-refractivity contribution in [1.82, 2.24) is 0 Å². The van der Waals surface area contributed by atoms with Crippen LogP contribution in [-0.4, -0.2) is 19.1 Å². The lowest BCUT2D eigenvalue weighted by atomic mass is 10.0. The van der Waals surface area contributed by atoms with E-state index in [1.54, 1.807) is 0 Å². The number of quaternary nitrogens is 2. The van der Waals surface area contributed by atoms with Gasteiger partial charge < -0.3 is 16.2 Å². The van der Waals surface area contributed by atoms with Gasteiger partial charge in [-0.05, 0) is 0 Å². The third kappa shape index (κ3) is 2.31. The van der Waals surface area contributed by atoms with Crippen LogP contribution in [0.4, 0.5) is 0 Å². The lowest BCUT2D eigenvalue weighted by Gasteiger charge is -2.11. The highest BCUT2D eigenvalue weighted by atomic mass is 16.5. The summed E-state index contributed by atoms with van der Waals surface area (Å²) in [5, 5.41) is 0. The second-order valence-electron chi connectivity index (χ2n) is 3.15. The smallest absolute Gasteiger partial charge is 0.371 e. The standard InChI is InChI=1S/C10H14N2O2/c1-14-10(13)9(12)8(11)7-5-3-2-4-6-7/h2-6,8-9H,11-12H2,1H3/p+2. The summed E-state index contributed by atoms with van der Waals surface area (Å²) in [6.07, 6.45) is 0. The second kappa shape index (κ2) is 4.74. The summed E-state index contributed by atoms with van der Waals surface area (Å²) < 4.78 is 4.61. The van der Waals surface area contributed by atoms with Crippen molar-refractivity contribution in [2.45, 2.75) is 12.1 Å². The molecule has 14 heavy (non-hydrogen) atoms. The molecule has 0 aliphatic heterocycles. The molecule has 0 spiro atoms. The molecule has 0 bridgehead atoms. The van der Waals surface area contributed by atoms with Gasteiger partial charge in [-0.25, -0.2) is 4.79 Å². The number of esters is 1. The molecule has 0 aliphatic carbocycles. The van der Waals surface area contributed by atoms with Crippen LogP contribution in [0.15, 0.2) is 30.3 Å². The number of hydrogen-bond acceptors (Lipinski definition) is 2. The first-order valence-electron chi connectivity index (χ1n) is 4.45. The minimum Gasteiger partial charge on any atom is -0.464 e. The summed E-state index contributed by atoms with van der Waals surface area (Å²) in [5.41, 5.74) is 8.66. The van der Waals surface area contributed by atoms with E-state index in [4.69, 9.17) is 0 Å². The summed E-state index contributed by atoms with van der Waals surface area (Å²) in [7, 11) is 1.36. The summed E-state index contributed by atoms with van der Waals surface area (Å²) in [5.74, 6) is -0.325. The van der Waals surface area contributed by atoms with Crippen molar-refractivity contribution < 1.29 is 21.0 Å². The van der Waals surface area contributed by atoms with Gasteiger partial charge in [-0.3, -0.25) is 0 Å². The molecule has 0 saturated carbocycles. The normalized spacial score (nSPS) is 14.5. The van der Waals surface area contributed by atoms with Crippen molar-refractivity contribution in [3.8, 4) is 0 Å². The van der Waals surface area contributed by atoms with Crippen LogP contribution in [0.1, 0.15) is 11.6 Å². The molecule has 0 radical (unpaired) electrons. The molecule has 4 nitrogen and oxygen atoms in total. The minimum absolute atomic E-state index is 0.163. The van der Waals surface area contributed by atoms with E-state index in [1.807, 2.05) is 30.3 Å². The van der Waals surface area contributed by atoms with E-state index in [9.17, 15) is 4.79 Å². The Hall–Kier alpha value is -1.39. The zero-order chi connectivity index (χ0) is 10.6. The van der Waals surface area contributed by atoms with E-state index in [2.05, 4.69) is 16.2 Å². The molecule has 2 atom stereocenters. The van der Waals surface area contributed by atoms with Gasteiger partial charge in [-0.15, -0.1) is 0 Å². The monoisotopic (exact) mass is 196 g/mol. The molecule has 1 rings (SSSR count). The molecule has 0 amide bonds. The SMILES string of the molecule is COC(=O)C([NH3+])C([NH3+])c1ccccc1. The third-order valence-electron chi connectivity index (χ3n) is 2.22. The highest BCUT2D eigenvalue weighted by Gasteiger charge is 2.30. The Bertz CT molecular complexity index is 300. The van der Waals surface area contributed by atoms with Crippen LogP contribution in [-0.2, 0) is 9.53 Å². The molecule has 0 saturated heterocycles. The zero-order valence-corrected chi connectivity index (χ0v) is 8.27. The second-order valence-corrected chi connectivity index (χ2v) is 3.15. The van der Waals surface area contributed by atoms with Gasteiger partial charge in [-0.1, -0.05) is 30.3 Å². The molecular formula is C10H16N2O2+2. The van der Waals surface area contributed by atoms with E-state index in [-0.39, 0.29) is 12.0 Å². The van der Waals surface area contributed by atoms with E-state index in [0.717, 1.165) is 5.56 Å². The van der Waals surface area contributed by atoms with Gasteiger partial charge in [0.05, 0.1) is 7.11 Å². The van der Waals surface area contributed by atoms with Crippen molar-refractivity contribution in [2.75, 3.05) is 7.11 Å². The van der Waals surface area contributed by atoms with Gasteiger partial charge in [0.25, 0.3) is 0 Å². The van der Waals surface area contributed by atoms with Crippen LogP contribution in [0.5, 0.6) is 0 Å². The maximum atomic E-state index is 11.2. The number of hydrogen-bond donors (Lipinski definition) is 2. The first-order chi connectivity index (χ1) is 6.66. The van der Waals surface area contributed by atoms with Crippen LogP contribution in [0, 0.1) is 0 Å². The third-order valence-corrected chi connectivity index (χ3v) is 2.22. The predicted octanol–water partition coefficient (Wildman–Crippen LogP) is -1.25. The Kier molecular flexibility index (Phi) is 3.62. The minimum atomic E-state index is -0.456. The number of carbonyl (C=O) groups is 1. The molecule has 1 aromatic carbocycles. The van der Waals surface area contributed by atoms with E-state index >= 15 is 0 Å². The van der Waals surface area contributed by atoms with E-state index in [0.29, 0.717) is 0 Å². The molecule has 0 heterocycles. The Morgan fingerprint density at radius 3 is 2.36 bits per heavy atom. The molecule has 6 N–H and O–H groups in total. The fourth-order valence-electron chi connectivity index (χ4n) is 1.25. The molecule has 0 aliphatic rings. The average molecular weight is 196 g/mol. The van der Waals surface area contributed by atoms with Gasteiger partial charge in [-0.2, -0.15) is 0 Å². The summed E-state index contributed by atoms with van der Waals surface area (Å²) in [6.45, 7) is 0. The van der Waals surface area contributed by atoms with Crippen molar-refractivity contribution in [2.24, 2.45) is 0 Å². The predicted molar refractivity (Wildman–Crippen MR) is 50.8 cm³/mol. The first-order valence-corrected chi connectivity index (χ1v) is 4.45. The van der Waals surface area contributed by atoms with Gasteiger partial charge in [0.15, 0.2) is 6.04 Å². The quantitative estimate of drug-likeness (QED) is 0.592. The van der Waals surface area contributed by atoms with Gasteiger partial charge in [0, 0.05) is 5.56 Å². The largest absolute Gasteiger partial charge is 0.464 e. The molecule has 76 valence electrons. The Morgan fingerprint density at radius 2 is 1.86 bits per heavy atom. The maximum absolute atomic E-state index is 11.2. The van der Waals surface area contributed by atoms with Crippen molar-refractivity contribution in [3.63, 3.8) is 0 Å².